The van der Waals surface area contributed by atoms with E-state index in [1.807, 2.05) is 60.7 Å². The highest BCUT2D eigenvalue weighted by molar-refractivity contribution is 5.77. The maximum atomic E-state index is 5.14. The number of benzene rings is 1. The van der Waals surface area contributed by atoms with Gasteiger partial charge in [-0.25, -0.2) is 9.97 Å². The molecule has 0 fully saturated rings. The molecule has 3 aromatic rings. The van der Waals surface area contributed by atoms with Gasteiger partial charge in [0.05, 0.1) is 12.8 Å². The van der Waals surface area contributed by atoms with E-state index in [1.54, 1.807) is 13.3 Å². The molecule has 0 bridgehead atoms. The van der Waals surface area contributed by atoms with Crippen LogP contribution in [0.1, 0.15) is 11.3 Å². The van der Waals surface area contributed by atoms with Crippen LogP contribution in [0.3, 0.4) is 0 Å². The third kappa shape index (κ3) is 2.67. The van der Waals surface area contributed by atoms with Crippen molar-refractivity contribution in [2.24, 2.45) is 0 Å². The van der Waals surface area contributed by atoms with Crippen molar-refractivity contribution in [1.82, 2.24) is 9.97 Å². The Bertz CT molecular complexity index is 748. The van der Waals surface area contributed by atoms with Crippen molar-refractivity contribution >= 4 is 23.2 Å². The number of aromatic nitrogens is 2. The molecule has 0 saturated carbocycles. The molecule has 20 heavy (non-hydrogen) atoms. The standard InChI is InChI=1S/C17H14N2O/c1-20-16-10-5-13(6-11-16)4-8-15-9-7-14-3-2-12-18-17(14)19-15/h2-12H,1H3. The van der Waals surface area contributed by atoms with Gasteiger partial charge < -0.3 is 4.74 Å². The van der Waals surface area contributed by atoms with Crippen LogP contribution < -0.4 is 4.74 Å². The molecule has 0 spiro atoms. The van der Waals surface area contributed by atoms with Gasteiger partial charge in [0, 0.05) is 11.6 Å². The van der Waals surface area contributed by atoms with Crippen LogP contribution in [0.2, 0.25) is 0 Å². The number of nitrogens with zero attached hydrogens (tertiary/aromatic N) is 2. The number of rotatable bonds is 3. The highest BCUT2D eigenvalue weighted by Gasteiger charge is 1.96. The molecule has 0 radical (unpaired) electrons. The van der Waals surface area contributed by atoms with Crippen molar-refractivity contribution in [3.63, 3.8) is 0 Å². The SMILES string of the molecule is COc1ccc(C=Cc2ccc3cccnc3n2)cc1. The normalized spacial score (nSPS) is 11.1. The third-order valence-electron chi connectivity index (χ3n) is 3.05. The molecular formula is C17H14N2O. The molecule has 98 valence electrons. The van der Waals surface area contributed by atoms with Gasteiger partial charge in [0.25, 0.3) is 0 Å². The smallest absolute Gasteiger partial charge is 0.159 e. The van der Waals surface area contributed by atoms with Crippen LogP contribution >= 0.6 is 0 Å². The Balaban J connectivity index is 1.85. The Morgan fingerprint density at radius 1 is 0.950 bits per heavy atom. The third-order valence-corrected chi connectivity index (χ3v) is 3.05. The average Bonchev–Trinajstić information content (AvgIpc) is 2.53. The molecule has 0 N–H and O–H groups in total. The summed E-state index contributed by atoms with van der Waals surface area (Å²) in [6.45, 7) is 0. The number of hydrogen-bond acceptors (Lipinski definition) is 3. The van der Waals surface area contributed by atoms with Crippen LogP contribution in [-0.4, -0.2) is 17.1 Å². The fourth-order valence-electron chi connectivity index (χ4n) is 1.96. The Morgan fingerprint density at radius 2 is 1.80 bits per heavy atom. The number of hydrogen-bond donors (Lipinski definition) is 0. The van der Waals surface area contributed by atoms with Crippen LogP contribution in [0, 0.1) is 0 Å². The van der Waals surface area contributed by atoms with Gasteiger partial charge in [0.15, 0.2) is 5.65 Å². The quantitative estimate of drug-likeness (QED) is 0.720. The molecule has 0 atom stereocenters. The number of ether oxygens (including phenoxy) is 1. The summed E-state index contributed by atoms with van der Waals surface area (Å²) in [7, 11) is 1.66. The number of methoxy groups -OCH3 is 1. The molecule has 0 aliphatic rings. The molecule has 0 aliphatic heterocycles. The van der Waals surface area contributed by atoms with E-state index in [-0.39, 0.29) is 0 Å². The summed E-state index contributed by atoms with van der Waals surface area (Å²) in [5.74, 6) is 0.857. The Morgan fingerprint density at radius 3 is 2.60 bits per heavy atom. The van der Waals surface area contributed by atoms with E-state index in [4.69, 9.17) is 4.74 Å². The van der Waals surface area contributed by atoms with E-state index in [0.717, 1.165) is 28.0 Å². The molecule has 0 unspecified atom stereocenters. The summed E-state index contributed by atoms with van der Waals surface area (Å²) < 4.78 is 5.14. The Hall–Kier alpha value is -2.68. The second-order valence-corrected chi connectivity index (χ2v) is 4.39. The fraction of sp³-hybridized carbons (Fsp3) is 0.0588. The fourth-order valence-corrected chi connectivity index (χ4v) is 1.96. The zero-order chi connectivity index (χ0) is 13.8. The summed E-state index contributed by atoms with van der Waals surface area (Å²) in [5, 5.41) is 1.05. The minimum absolute atomic E-state index is 0.768. The largest absolute Gasteiger partial charge is 0.497 e. The predicted molar refractivity (Wildman–Crippen MR) is 81.5 cm³/mol. The molecule has 2 aromatic heterocycles. The summed E-state index contributed by atoms with van der Waals surface area (Å²) in [6, 6.07) is 15.8. The highest BCUT2D eigenvalue weighted by atomic mass is 16.5. The Labute approximate surface area is 117 Å². The lowest BCUT2D eigenvalue weighted by atomic mass is 10.2. The Kier molecular flexibility index (Phi) is 3.42. The van der Waals surface area contributed by atoms with E-state index in [9.17, 15) is 0 Å². The van der Waals surface area contributed by atoms with Crippen LogP contribution in [0.15, 0.2) is 54.7 Å². The van der Waals surface area contributed by atoms with E-state index in [1.165, 1.54) is 0 Å². The van der Waals surface area contributed by atoms with Gasteiger partial charge in [-0.05, 0) is 48.0 Å². The monoisotopic (exact) mass is 262 g/mol. The minimum Gasteiger partial charge on any atom is -0.497 e. The molecule has 0 saturated heterocycles. The van der Waals surface area contributed by atoms with Gasteiger partial charge in [-0.1, -0.05) is 18.2 Å². The van der Waals surface area contributed by atoms with Crippen LogP contribution in [-0.2, 0) is 0 Å². The van der Waals surface area contributed by atoms with E-state index >= 15 is 0 Å². The molecule has 1 aromatic carbocycles. The maximum Gasteiger partial charge on any atom is 0.159 e. The molecule has 3 rings (SSSR count). The van der Waals surface area contributed by atoms with Crippen molar-refractivity contribution in [1.29, 1.82) is 0 Å². The molecule has 3 heteroatoms. The van der Waals surface area contributed by atoms with Crippen molar-refractivity contribution in [2.45, 2.75) is 0 Å². The summed E-state index contributed by atoms with van der Waals surface area (Å²) in [6.07, 6.45) is 5.76. The minimum atomic E-state index is 0.768. The molecule has 0 aliphatic carbocycles. The van der Waals surface area contributed by atoms with Crippen LogP contribution in [0.4, 0.5) is 0 Å². The van der Waals surface area contributed by atoms with Crippen molar-refractivity contribution in [3.05, 3.63) is 66.0 Å². The van der Waals surface area contributed by atoms with Gasteiger partial charge in [-0.3, -0.25) is 0 Å². The molecular weight excluding hydrogens is 248 g/mol. The van der Waals surface area contributed by atoms with Gasteiger partial charge in [-0.15, -0.1) is 0 Å². The topological polar surface area (TPSA) is 35.0 Å². The second-order valence-electron chi connectivity index (χ2n) is 4.39. The van der Waals surface area contributed by atoms with Gasteiger partial charge >= 0.3 is 0 Å². The lowest BCUT2D eigenvalue weighted by molar-refractivity contribution is 0.415. The second kappa shape index (κ2) is 5.53. The van der Waals surface area contributed by atoms with Crippen molar-refractivity contribution in [2.75, 3.05) is 7.11 Å². The van der Waals surface area contributed by atoms with E-state index in [0.29, 0.717) is 0 Å². The number of pyridine rings is 2. The van der Waals surface area contributed by atoms with E-state index in [2.05, 4.69) is 9.97 Å². The summed E-state index contributed by atoms with van der Waals surface area (Å²) in [4.78, 5) is 8.76. The summed E-state index contributed by atoms with van der Waals surface area (Å²) in [5.41, 5.74) is 2.77. The van der Waals surface area contributed by atoms with Gasteiger partial charge in [0.2, 0.25) is 0 Å². The zero-order valence-electron chi connectivity index (χ0n) is 11.2. The lowest BCUT2D eigenvalue weighted by Gasteiger charge is -2.00. The molecule has 0 amide bonds. The zero-order valence-corrected chi connectivity index (χ0v) is 11.2. The number of fused-ring (bicyclic) bond motifs is 1. The van der Waals surface area contributed by atoms with Crippen molar-refractivity contribution in [3.8, 4) is 5.75 Å². The first-order valence-corrected chi connectivity index (χ1v) is 6.39. The maximum absolute atomic E-state index is 5.14. The average molecular weight is 262 g/mol. The van der Waals surface area contributed by atoms with Crippen molar-refractivity contribution < 1.29 is 4.74 Å². The predicted octanol–water partition coefficient (Wildman–Crippen LogP) is 3.81. The molecule has 3 nitrogen and oxygen atoms in total. The van der Waals surface area contributed by atoms with Crippen LogP contribution in [0.25, 0.3) is 23.2 Å². The lowest BCUT2D eigenvalue weighted by Crippen LogP contribution is -1.85. The first-order valence-electron chi connectivity index (χ1n) is 6.39. The summed E-state index contributed by atoms with van der Waals surface area (Å²) >= 11 is 0. The van der Waals surface area contributed by atoms with Gasteiger partial charge in [0.1, 0.15) is 5.75 Å². The van der Waals surface area contributed by atoms with E-state index < -0.39 is 0 Å². The molecule has 2 heterocycles. The van der Waals surface area contributed by atoms with Crippen LogP contribution in [0.5, 0.6) is 5.75 Å². The first kappa shape index (κ1) is 12.4. The highest BCUT2D eigenvalue weighted by Crippen LogP contribution is 2.14. The first-order chi connectivity index (χ1) is 9.85. The van der Waals surface area contributed by atoms with Gasteiger partial charge in [-0.2, -0.15) is 0 Å².